The topological polar surface area (TPSA) is 114 Å². The summed E-state index contributed by atoms with van der Waals surface area (Å²) in [5.74, 6) is 0.0553. The predicted octanol–water partition coefficient (Wildman–Crippen LogP) is 2.05. The van der Waals surface area contributed by atoms with Crippen LogP contribution in [-0.2, 0) is 10.1 Å². The molecule has 2 aromatic carbocycles. The normalized spacial score (nSPS) is 11.6. The Labute approximate surface area is 247 Å². The number of benzene rings is 2. The summed E-state index contributed by atoms with van der Waals surface area (Å²) in [6, 6.07) is 10.3. The number of thiocarbonyl (C=S) groups is 1. The van der Waals surface area contributed by atoms with Crippen molar-refractivity contribution in [1.82, 2.24) is 5.43 Å². The zero-order valence-electron chi connectivity index (χ0n) is 16.7. The van der Waals surface area contributed by atoms with E-state index in [9.17, 15) is 18.1 Å². The van der Waals surface area contributed by atoms with E-state index in [1.807, 2.05) is 0 Å². The minimum Gasteiger partial charge on any atom is -0.744 e. The summed E-state index contributed by atoms with van der Waals surface area (Å²) in [4.78, 5) is 0.286. The van der Waals surface area contributed by atoms with Gasteiger partial charge in [-0.2, -0.15) is 5.10 Å². The molecule has 162 valence electrons. The maximum atomic E-state index is 11.0. The van der Waals surface area contributed by atoms with E-state index in [0.29, 0.717) is 31.9 Å². The average Bonchev–Trinajstić information content (AvgIpc) is 3.09. The molecule has 0 aliphatic carbocycles. The van der Waals surface area contributed by atoms with Gasteiger partial charge in [-0.25, -0.2) is 8.42 Å². The number of nitrogens with zero attached hydrogens (tertiary/aromatic N) is 1. The van der Waals surface area contributed by atoms with Crippen LogP contribution in [0.4, 0.5) is 5.69 Å². The van der Waals surface area contributed by atoms with Crippen LogP contribution in [0.2, 0.25) is 10.0 Å². The Kier molecular flexibility index (Phi) is 10.1. The Balaban J connectivity index is 0.00000363. The van der Waals surface area contributed by atoms with Crippen LogP contribution in [-0.4, -0.2) is 28.9 Å². The molecule has 0 atom stereocenters. The summed E-state index contributed by atoms with van der Waals surface area (Å²) in [5, 5.41) is 20.3. The van der Waals surface area contributed by atoms with E-state index < -0.39 is 10.1 Å². The van der Waals surface area contributed by atoms with Crippen LogP contribution >= 0.6 is 46.8 Å². The summed E-state index contributed by atoms with van der Waals surface area (Å²) >= 11 is 18.5. The van der Waals surface area contributed by atoms with Crippen molar-refractivity contribution in [2.75, 3.05) is 5.32 Å². The molecule has 0 bridgehead atoms. The van der Waals surface area contributed by atoms with Crippen molar-refractivity contribution in [3.05, 3.63) is 63.5 Å². The predicted molar refractivity (Wildman–Crippen MR) is 127 cm³/mol. The van der Waals surface area contributed by atoms with Crippen molar-refractivity contribution in [3.8, 4) is 16.2 Å². The molecule has 0 radical (unpaired) electrons. The third-order valence-electron chi connectivity index (χ3n) is 4.06. The molecule has 13 heteroatoms. The smallest absolute Gasteiger partial charge is 0.744 e. The van der Waals surface area contributed by atoms with Crippen LogP contribution in [0.25, 0.3) is 10.4 Å². The third kappa shape index (κ3) is 6.97. The van der Waals surface area contributed by atoms with Crippen molar-refractivity contribution in [1.29, 1.82) is 0 Å². The molecule has 3 aromatic rings. The Bertz CT molecular complexity index is 1280. The monoisotopic (exact) mass is 553 g/mol. The van der Waals surface area contributed by atoms with Gasteiger partial charge < -0.3 is 15.0 Å². The van der Waals surface area contributed by atoms with Crippen LogP contribution in [0.5, 0.6) is 5.75 Å². The number of aromatic hydroxyl groups is 1. The molecule has 0 fully saturated rings. The first kappa shape index (κ1) is 27.7. The van der Waals surface area contributed by atoms with Gasteiger partial charge in [-0.05, 0) is 61.1 Å². The zero-order chi connectivity index (χ0) is 22.8. The minimum atomic E-state index is -4.51. The molecule has 7 nitrogen and oxygen atoms in total. The molecule has 0 amide bonds. The van der Waals surface area contributed by atoms with E-state index in [-0.39, 0.29) is 67.1 Å². The van der Waals surface area contributed by atoms with E-state index in [2.05, 4.69) is 15.8 Å². The van der Waals surface area contributed by atoms with Crippen molar-refractivity contribution in [2.24, 2.45) is 5.10 Å². The number of nitrogens with one attached hydrogen (secondary N) is 2. The molecular weight excluding hydrogens is 540 g/mol. The second-order valence-corrected chi connectivity index (χ2v) is 9.68. The summed E-state index contributed by atoms with van der Waals surface area (Å²) in [6.07, 6.45) is 0. The first-order chi connectivity index (χ1) is 14.6. The van der Waals surface area contributed by atoms with Crippen molar-refractivity contribution in [3.63, 3.8) is 0 Å². The fraction of sp³-hybridized carbons (Fsp3) is 0.0526. The molecule has 1 heterocycles. The van der Waals surface area contributed by atoms with Gasteiger partial charge in [-0.3, -0.25) is 5.43 Å². The molecule has 0 saturated heterocycles. The second-order valence-electron chi connectivity index (χ2n) is 6.20. The van der Waals surface area contributed by atoms with Gasteiger partial charge in [0.2, 0.25) is 0 Å². The van der Waals surface area contributed by atoms with Crippen LogP contribution in [0.3, 0.4) is 0 Å². The van der Waals surface area contributed by atoms with E-state index in [4.69, 9.17) is 35.4 Å². The van der Waals surface area contributed by atoms with Crippen molar-refractivity contribution >= 4 is 73.4 Å². The van der Waals surface area contributed by atoms with Crippen LogP contribution < -0.4 is 62.1 Å². The van der Waals surface area contributed by atoms with Gasteiger partial charge in [0.15, 0.2) is 5.11 Å². The van der Waals surface area contributed by atoms with E-state index in [1.54, 1.807) is 30.5 Å². The third-order valence-corrected chi connectivity index (χ3v) is 6.86. The summed E-state index contributed by atoms with van der Waals surface area (Å²) < 4.78 is 32.9. The number of anilines is 1. The average molecular weight is 555 g/mol. The summed E-state index contributed by atoms with van der Waals surface area (Å²) in [5.41, 5.74) is 4.85. The molecule has 32 heavy (non-hydrogen) atoms. The van der Waals surface area contributed by atoms with E-state index >= 15 is 0 Å². The number of hydrogen-bond donors (Lipinski definition) is 3. The summed E-state index contributed by atoms with van der Waals surface area (Å²) in [6.45, 7) is 1.70. The van der Waals surface area contributed by atoms with Gasteiger partial charge in [0.25, 0.3) is 0 Å². The molecule has 0 unspecified atom stereocenters. The maximum Gasteiger partial charge on any atom is 1.00 e. The quantitative estimate of drug-likeness (QED) is 0.146. The number of hydrazone groups is 1. The Morgan fingerprint density at radius 1 is 1.16 bits per heavy atom. The largest absolute Gasteiger partial charge is 1.00 e. The van der Waals surface area contributed by atoms with Gasteiger partial charge in [0.05, 0.1) is 31.1 Å². The number of thiophene rings is 1. The van der Waals surface area contributed by atoms with Crippen molar-refractivity contribution in [2.45, 2.75) is 11.8 Å². The molecule has 0 spiro atoms. The Hall–Kier alpha value is -0.574. The van der Waals surface area contributed by atoms with E-state index in [0.717, 1.165) is 5.56 Å². The Morgan fingerprint density at radius 2 is 1.81 bits per heavy atom. The fourth-order valence-corrected chi connectivity index (χ4v) is 4.44. The van der Waals surface area contributed by atoms with Crippen LogP contribution in [0, 0.1) is 0 Å². The molecule has 3 rings (SSSR count). The number of halogens is 2. The first-order valence-electron chi connectivity index (χ1n) is 8.49. The number of hydrogen-bond acceptors (Lipinski definition) is 7. The first-order valence-corrected chi connectivity index (χ1v) is 11.9. The molecule has 1 aromatic heterocycles. The minimum absolute atomic E-state index is 0. The zero-order valence-corrected chi connectivity index (χ0v) is 23.8. The van der Waals surface area contributed by atoms with Gasteiger partial charge in [0.1, 0.15) is 15.9 Å². The molecule has 0 aliphatic rings. The molecule has 3 N–H and O–H groups in total. The van der Waals surface area contributed by atoms with Crippen LogP contribution in [0.15, 0.2) is 57.8 Å². The number of rotatable bonds is 5. The van der Waals surface area contributed by atoms with Gasteiger partial charge in [-0.15, -0.1) is 11.3 Å². The molecule has 0 aliphatic heterocycles. The maximum absolute atomic E-state index is 11.0. The molecular formula is C19H14Cl2KN3O4S3. The van der Waals surface area contributed by atoms with Gasteiger partial charge in [0, 0.05) is 11.1 Å². The SMILES string of the molecule is C/C(=N\NC(=S)Nc1ccc(S(=O)(=O)[O-])cc1)c1csc(-c2ccc(Cl)c(Cl)c2)c1O.[K+]. The second kappa shape index (κ2) is 11.7. The van der Waals surface area contributed by atoms with E-state index in [1.165, 1.54) is 35.6 Å². The Morgan fingerprint density at radius 3 is 2.41 bits per heavy atom. The summed E-state index contributed by atoms with van der Waals surface area (Å²) in [7, 11) is -4.51. The van der Waals surface area contributed by atoms with Gasteiger partial charge >= 0.3 is 51.4 Å². The van der Waals surface area contributed by atoms with Crippen LogP contribution in [0.1, 0.15) is 12.5 Å². The standard InChI is InChI=1S/C19H15Cl2N3O4S3.K/c1-10(14-9-30-18(17(14)25)11-2-7-15(20)16(21)8-11)23-24-19(29)22-12-3-5-13(6-4-12)31(26,27)28;/h2-9,25H,1H3,(H2,22,24,29)(H,26,27,28);/q;+1/p-1/b23-10+;. The fourth-order valence-electron chi connectivity index (χ4n) is 2.51. The van der Waals surface area contributed by atoms with Crippen molar-refractivity contribution < 1.29 is 69.5 Å². The molecule has 0 saturated carbocycles. The van der Waals surface area contributed by atoms with Gasteiger partial charge in [-0.1, -0.05) is 29.3 Å².